The van der Waals surface area contributed by atoms with Crippen molar-refractivity contribution in [3.63, 3.8) is 0 Å². The first-order valence-corrected chi connectivity index (χ1v) is 9.59. The van der Waals surface area contributed by atoms with E-state index >= 15 is 0 Å². The Balaban J connectivity index is 0.00000121. The molecule has 0 bridgehead atoms. The number of nitrogens with zero attached hydrogens (tertiary/aromatic N) is 2. The van der Waals surface area contributed by atoms with Gasteiger partial charge in [0.15, 0.2) is 0 Å². The molecule has 1 aliphatic carbocycles. The highest BCUT2D eigenvalue weighted by Crippen LogP contribution is 2.39. The molecule has 1 fully saturated rings. The van der Waals surface area contributed by atoms with Gasteiger partial charge in [-0.05, 0) is 37.8 Å². The number of allylic oxidation sites excluding steroid dienone is 2. The number of hydrogen-bond acceptors (Lipinski definition) is 4. The van der Waals surface area contributed by atoms with E-state index in [9.17, 15) is 4.79 Å². The summed E-state index contributed by atoms with van der Waals surface area (Å²) in [6.45, 7) is 1.60. The Morgan fingerprint density at radius 2 is 1.81 bits per heavy atom. The summed E-state index contributed by atoms with van der Waals surface area (Å²) in [5.41, 5.74) is 7.02. The first-order valence-electron chi connectivity index (χ1n) is 8.77. The molecular weight excluding hydrogens is 389 g/mol. The molecule has 1 saturated heterocycles. The highest BCUT2D eigenvalue weighted by molar-refractivity contribution is 7.18. The van der Waals surface area contributed by atoms with Crippen LogP contribution in [0.5, 0.6) is 0 Å². The lowest BCUT2D eigenvalue weighted by Gasteiger charge is -2.35. The third kappa shape index (κ3) is 4.22. The largest absolute Gasteiger partial charge is 0.342 e. The summed E-state index contributed by atoms with van der Waals surface area (Å²) >= 11 is 1.74. The topological polar surface area (TPSA) is 59.2 Å². The second kappa shape index (κ2) is 9.18. The fraction of sp³-hybridized carbons (Fsp3) is 0.474. The summed E-state index contributed by atoms with van der Waals surface area (Å²) < 4.78 is 1.21. The normalized spacial score (nSPS) is 23.3. The van der Waals surface area contributed by atoms with Crippen LogP contribution in [0.25, 0.3) is 10.2 Å². The van der Waals surface area contributed by atoms with Gasteiger partial charge in [-0.2, -0.15) is 0 Å². The van der Waals surface area contributed by atoms with E-state index in [0.717, 1.165) is 49.3 Å². The first-order chi connectivity index (χ1) is 11.7. The maximum absolute atomic E-state index is 13.1. The van der Waals surface area contributed by atoms with Gasteiger partial charge in [0, 0.05) is 25.0 Å². The molecule has 7 heteroatoms. The van der Waals surface area contributed by atoms with E-state index in [1.165, 1.54) is 4.70 Å². The van der Waals surface area contributed by atoms with E-state index in [0.29, 0.717) is 0 Å². The second-order valence-electron chi connectivity index (χ2n) is 6.84. The SMILES string of the molecule is Cl.Cl.NC1CCN(C(=O)C2CC=CCC2c2nc3ccccc3s2)CC1. The Hall–Kier alpha value is -1.14. The third-order valence-electron chi connectivity index (χ3n) is 5.23. The number of hydrogen-bond donors (Lipinski definition) is 1. The van der Waals surface area contributed by atoms with Crippen molar-refractivity contribution >= 4 is 52.3 Å². The van der Waals surface area contributed by atoms with Crippen molar-refractivity contribution < 1.29 is 4.79 Å². The van der Waals surface area contributed by atoms with E-state index in [-0.39, 0.29) is 48.6 Å². The molecule has 0 radical (unpaired) electrons. The Labute approximate surface area is 170 Å². The average molecular weight is 414 g/mol. The number of para-hydroxylation sites is 1. The Morgan fingerprint density at radius 3 is 2.54 bits per heavy atom. The summed E-state index contributed by atoms with van der Waals surface area (Å²) in [5, 5.41) is 1.10. The maximum Gasteiger partial charge on any atom is 0.226 e. The molecule has 142 valence electrons. The van der Waals surface area contributed by atoms with Gasteiger partial charge >= 0.3 is 0 Å². The van der Waals surface area contributed by atoms with Crippen LogP contribution >= 0.6 is 36.2 Å². The van der Waals surface area contributed by atoms with Crippen LogP contribution in [-0.4, -0.2) is 34.9 Å². The zero-order chi connectivity index (χ0) is 16.5. The summed E-state index contributed by atoms with van der Waals surface area (Å²) in [6.07, 6.45) is 7.92. The van der Waals surface area contributed by atoms with Gasteiger partial charge in [0.2, 0.25) is 5.91 Å². The first kappa shape index (κ1) is 21.2. The molecular formula is C19H25Cl2N3OS. The summed E-state index contributed by atoms with van der Waals surface area (Å²) in [4.78, 5) is 19.9. The molecule has 0 saturated carbocycles. The molecule has 2 N–H and O–H groups in total. The van der Waals surface area contributed by atoms with Crippen LogP contribution in [0, 0.1) is 5.92 Å². The molecule has 1 aromatic heterocycles. The van der Waals surface area contributed by atoms with Crippen molar-refractivity contribution in [2.75, 3.05) is 13.1 Å². The number of benzene rings is 1. The lowest BCUT2D eigenvalue weighted by molar-refractivity contribution is -0.137. The average Bonchev–Trinajstić information content (AvgIpc) is 3.06. The van der Waals surface area contributed by atoms with E-state index < -0.39 is 0 Å². The summed E-state index contributed by atoms with van der Waals surface area (Å²) in [6, 6.07) is 8.48. The zero-order valence-corrected chi connectivity index (χ0v) is 17.0. The lowest BCUT2D eigenvalue weighted by Crippen LogP contribution is -2.46. The molecule has 1 aromatic carbocycles. The van der Waals surface area contributed by atoms with Crippen LogP contribution in [0.3, 0.4) is 0 Å². The van der Waals surface area contributed by atoms with Crippen LogP contribution in [0.15, 0.2) is 36.4 Å². The molecule has 2 heterocycles. The second-order valence-corrected chi connectivity index (χ2v) is 7.90. The minimum atomic E-state index is 0. The zero-order valence-electron chi connectivity index (χ0n) is 14.5. The monoisotopic (exact) mass is 413 g/mol. The molecule has 1 amide bonds. The number of piperidine rings is 1. The number of aromatic nitrogens is 1. The quantitative estimate of drug-likeness (QED) is 0.752. The van der Waals surface area contributed by atoms with Crippen LogP contribution < -0.4 is 5.73 Å². The van der Waals surface area contributed by atoms with E-state index in [4.69, 9.17) is 10.7 Å². The molecule has 4 nitrogen and oxygen atoms in total. The fourth-order valence-electron chi connectivity index (χ4n) is 3.76. The fourth-order valence-corrected chi connectivity index (χ4v) is 4.91. The van der Waals surface area contributed by atoms with Gasteiger partial charge in [0.25, 0.3) is 0 Å². The molecule has 2 unspecified atom stereocenters. The smallest absolute Gasteiger partial charge is 0.226 e. The predicted molar refractivity (Wildman–Crippen MR) is 113 cm³/mol. The Bertz CT molecular complexity index is 738. The minimum absolute atomic E-state index is 0. The summed E-state index contributed by atoms with van der Waals surface area (Å²) in [5.74, 6) is 0.510. The number of carbonyl (C=O) groups excluding carboxylic acids is 1. The van der Waals surface area contributed by atoms with E-state index in [1.54, 1.807) is 11.3 Å². The van der Waals surface area contributed by atoms with Crippen molar-refractivity contribution in [3.8, 4) is 0 Å². The molecule has 2 atom stereocenters. The number of rotatable bonds is 2. The van der Waals surface area contributed by atoms with E-state index in [2.05, 4.69) is 24.3 Å². The Kier molecular flexibility index (Phi) is 7.47. The number of thiazole rings is 1. The number of fused-ring (bicyclic) bond motifs is 1. The number of halogens is 2. The van der Waals surface area contributed by atoms with Crippen LogP contribution in [0.2, 0.25) is 0 Å². The lowest BCUT2D eigenvalue weighted by atomic mass is 9.82. The molecule has 26 heavy (non-hydrogen) atoms. The van der Waals surface area contributed by atoms with Gasteiger partial charge < -0.3 is 10.6 Å². The van der Waals surface area contributed by atoms with Crippen molar-refractivity contribution in [2.24, 2.45) is 11.7 Å². The summed E-state index contributed by atoms with van der Waals surface area (Å²) in [7, 11) is 0. The minimum Gasteiger partial charge on any atom is -0.342 e. The van der Waals surface area contributed by atoms with Gasteiger partial charge in [0.05, 0.1) is 21.1 Å². The van der Waals surface area contributed by atoms with Crippen LogP contribution in [-0.2, 0) is 4.79 Å². The number of carbonyl (C=O) groups is 1. The van der Waals surface area contributed by atoms with Crippen molar-refractivity contribution in [3.05, 3.63) is 41.4 Å². The predicted octanol–water partition coefficient (Wildman–Crippen LogP) is 4.14. The van der Waals surface area contributed by atoms with Gasteiger partial charge in [-0.15, -0.1) is 36.2 Å². The molecule has 2 aliphatic rings. The van der Waals surface area contributed by atoms with Gasteiger partial charge in [-0.3, -0.25) is 4.79 Å². The van der Waals surface area contributed by atoms with Crippen molar-refractivity contribution in [2.45, 2.75) is 37.6 Å². The van der Waals surface area contributed by atoms with Gasteiger partial charge in [0.1, 0.15) is 0 Å². The van der Waals surface area contributed by atoms with Crippen molar-refractivity contribution in [1.82, 2.24) is 9.88 Å². The molecule has 1 aliphatic heterocycles. The highest BCUT2D eigenvalue weighted by atomic mass is 35.5. The van der Waals surface area contributed by atoms with E-state index in [1.807, 2.05) is 17.0 Å². The Morgan fingerprint density at radius 1 is 1.12 bits per heavy atom. The highest BCUT2D eigenvalue weighted by Gasteiger charge is 2.35. The number of amides is 1. The van der Waals surface area contributed by atoms with Crippen molar-refractivity contribution in [1.29, 1.82) is 0 Å². The molecule has 0 spiro atoms. The molecule has 4 rings (SSSR count). The van der Waals surface area contributed by atoms with Gasteiger partial charge in [-0.1, -0.05) is 24.3 Å². The van der Waals surface area contributed by atoms with Crippen LogP contribution in [0.4, 0.5) is 0 Å². The molecule has 2 aromatic rings. The van der Waals surface area contributed by atoms with Gasteiger partial charge in [-0.25, -0.2) is 4.98 Å². The third-order valence-corrected chi connectivity index (χ3v) is 6.40. The maximum atomic E-state index is 13.1. The standard InChI is InChI=1S/C19H23N3OS.2ClH/c20-13-9-11-22(12-10-13)19(23)15-6-2-1-5-14(15)18-21-16-7-3-4-8-17(16)24-18;;/h1-4,7-8,13-15H,5-6,9-12,20H2;2*1H. The van der Waals surface area contributed by atoms with Crippen LogP contribution in [0.1, 0.15) is 36.6 Å². The number of nitrogens with two attached hydrogens (primary N) is 1. The number of likely N-dealkylation sites (tertiary alicyclic amines) is 1.